The van der Waals surface area contributed by atoms with E-state index in [0.29, 0.717) is 17.1 Å². The van der Waals surface area contributed by atoms with Crippen LogP contribution >= 0.6 is 0 Å². The Labute approximate surface area is 188 Å². The Morgan fingerprint density at radius 2 is 1.69 bits per heavy atom. The quantitative estimate of drug-likeness (QED) is 0.514. The second-order valence-electron chi connectivity index (χ2n) is 8.96. The van der Waals surface area contributed by atoms with Gasteiger partial charge in [0.1, 0.15) is 5.75 Å². The van der Waals surface area contributed by atoms with Crippen molar-refractivity contribution in [3.8, 4) is 34.4 Å². The number of hydrogen-bond donors (Lipinski definition) is 0. The highest BCUT2D eigenvalue weighted by molar-refractivity contribution is 6.06. The zero-order valence-electron chi connectivity index (χ0n) is 19.0. The molecule has 0 radical (unpaired) electrons. The Kier molecular flexibility index (Phi) is 4.98. The van der Waals surface area contributed by atoms with Crippen molar-refractivity contribution < 1.29 is 18.9 Å². The first-order chi connectivity index (χ1) is 15.5. The maximum absolute atomic E-state index is 9.47. The second kappa shape index (κ2) is 7.72. The van der Waals surface area contributed by atoms with Crippen LogP contribution in [0.4, 0.5) is 0 Å². The van der Waals surface area contributed by atoms with Crippen molar-refractivity contribution >= 4 is 10.8 Å². The van der Waals surface area contributed by atoms with Gasteiger partial charge in [-0.25, -0.2) is 0 Å². The van der Waals surface area contributed by atoms with Gasteiger partial charge in [-0.05, 0) is 70.8 Å². The molecule has 3 aromatic carbocycles. The number of methoxy groups -OCH3 is 2. The van der Waals surface area contributed by atoms with Crippen molar-refractivity contribution in [1.29, 1.82) is 5.26 Å². The second-order valence-corrected chi connectivity index (χ2v) is 8.96. The zero-order valence-corrected chi connectivity index (χ0v) is 19.0. The van der Waals surface area contributed by atoms with Crippen molar-refractivity contribution in [2.24, 2.45) is 0 Å². The molecule has 1 fully saturated rings. The Morgan fingerprint density at radius 3 is 2.34 bits per heavy atom. The minimum absolute atomic E-state index is 0.254. The van der Waals surface area contributed by atoms with E-state index < -0.39 is 0 Å². The normalized spacial score (nSPS) is 18.5. The van der Waals surface area contributed by atoms with Crippen LogP contribution in [0.1, 0.15) is 49.8 Å². The van der Waals surface area contributed by atoms with Crippen LogP contribution in [0.2, 0.25) is 0 Å². The lowest BCUT2D eigenvalue weighted by Crippen LogP contribution is -2.25. The monoisotopic (exact) mass is 429 g/mol. The van der Waals surface area contributed by atoms with E-state index >= 15 is 0 Å². The average Bonchev–Trinajstić information content (AvgIpc) is 3.05. The maximum atomic E-state index is 9.47. The largest absolute Gasteiger partial charge is 0.493 e. The van der Waals surface area contributed by atoms with Crippen LogP contribution in [-0.4, -0.2) is 27.1 Å². The topological polar surface area (TPSA) is 60.7 Å². The molecule has 164 valence electrons. The minimum Gasteiger partial charge on any atom is -0.493 e. The van der Waals surface area contributed by atoms with Crippen molar-refractivity contribution in [3.63, 3.8) is 0 Å². The predicted octanol–water partition coefficient (Wildman–Crippen LogP) is 5.94. The number of benzene rings is 3. The highest BCUT2D eigenvalue weighted by Gasteiger charge is 2.38. The Bertz CT molecular complexity index is 1250. The van der Waals surface area contributed by atoms with E-state index in [1.165, 1.54) is 5.56 Å². The molecule has 5 nitrogen and oxygen atoms in total. The summed E-state index contributed by atoms with van der Waals surface area (Å²) in [5.74, 6) is 2.12. The molecule has 0 amide bonds. The van der Waals surface area contributed by atoms with Gasteiger partial charge in [-0.2, -0.15) is 5.26 Å². The molecule has 1 saturated heterocycles. The molecule has 1 aliphatic carbocycles. The molecule has 0 aromatic heterocycles. The van der Waals surface area contributed by atoms with E-state index in [9.17, 15) is 5.26 Å². The smallest absolute Gasteiger partial charge is 0.199 e. The highest BCUT2D eigenvalue weighted by Crippen LogP contribution is 2.54. The summed E-state index contributed by atoms with van der Waals surface area (Å²) in [6.07, 6.45) is 2.79. The summed E-state index contributed by atoms with van der Waals surface area (Å²) in [5.41, 5.74) is 5.01. The molecular weight excluding hydrogens is 402 g/mol. The van der Waals surface area contributed by atoms with Crippen LogP contribution in [0, 0.1) is 11.3 Å². The van der Waals surface area contributed by atoms with Gasteiger partial charge in [-0.15, -0.1) is 0 Å². The van der Waals surface area contributed by atoms with Gasteiger partial charge in [0, 0.05) is 17.2 Å². The summed E-state index contributed by atoms with van der Waals surface area (Å²) in [6, 6.07) is 14.4. The SMILES string of the molecule is COc1cc2c(OC3CCCCO3)cc3c(c2cc1OC)-c1ccc(C#N)cc1C3(C)C. The summed E-state index contributed by atoms with van der Waals surface area (Å²) >= 11 is 0. The lowest BCUT2D eigenvalue weighted by Gasteiger charge is -2.27. The minimum atomic E-state index is -0.273. The number of hydrogen-bond acceptors (Lipinski definition) is 5. The van der Waals surface area contributed by atoms with Gasteiger partial charge >= 0.3 is 0 Å². The predicted molar refractivity (Wildman–Crippen MR) is 124 cm³/mol. The molecule has 5 heteroatoms. The van der Waals surface area contributed by atoms with Crippen LogP contribution in [-0.2, 0) is 10.2 Å². The van der Waals surface area contributed by atoms with E-state index in [4.69, 9.17) is 18.9 Å². The van der Waals surface area contributed by atoms with Crippen LogP contribution < -0.4 is 14.2 Å². The number of fused-ring (bicyclic) bond motifs is 5. The van der Waals surface area contributed by atoms with E-state index in [2.05, 4.69) is 32.0 Å². The number of nitriles is 1. The first-order valence-electron chi connectivity index (χ1n) is 11.0. The lowest BCUT2D eigenvalue weighted by molar-refractivity contribution is -0.105. The molecule has 1 aliphatic heterocycles. The standard InChI is InChI=1S/C27H27NO4/c1-27(2)20-11-16(15-28)8-9-17(20)26-19-13-24(30-4)23(29-3)12-18(19)22(14-21(26)27)32-25-7-5-6-10-31-25/h8-9,11-14,25H,5-7,10H2,1-4H3. The summed E-state index contributed by atoms with van der Waals surface area (Å²) < 4.78 is 23.6. The lowest BCUT2D eigenvalue weighted by atomic mass is 9.81. The molecule has 2 aliphatic rings. The number of ether oxygens (including phenoxy) is 4. The Morgan fingerprint density at radius 1 is 0.938 bits per heavy atom. The third-order valence-corrected chi connectivity index (χ3v) is 6.76. The van der Waals surface area contributed by atoms with Crippen LogP contribution in [0.3, 0.4) is 0 Å². The van der Waals surface area contributed by atoms with Crippen molar-refractivity contribution in [1.82, 2.24) is 0 Å². The van der Waals surface area contributed by atoms with Crippen molar-refractivity contribution in [3.05, 3.63) is 53.1 Å². The summed E-state index contributed by atoms with van der Waals surface area (Å²) in [6.45, 7) is 5.12. The number of rotatable bonds is 4. The highest BCUT2D eigenvalue weighted by atomic mass is 16.7. The molecule has 3 aromatic rings. The van der Waals surface area contributed by atoms with Gasteiger partial charge in [0.05, 0.1) is 32.5 Å². The van der Waals surface area contributed by atoms with Crippen molar-refractivity contribution in [2.45, 2.75) is 44.8 Å². The van der Waals surface area contributed by atoms with Crippen LogP contribution in [0.5, 0.6) is 17.2 Å². The molecular formula is C27H27NO4. The molecule has 1 unspecified atom stereocenters. The fourth-order valence-electron chi connectivity index (χ4n) is 5.04. The van der Waals surface area contributed by atoms with E-state index in [1.807, 2.05) is 24.3 Å². The summed E-state index contributed by atoms with van der Waals surface area (Å²) in [4.78, 5) is 0. The van der Waals surface area contributed by atoms with Crippen LogP contribution in [0.25, 0.3) is 21.9 Å². The van der Waals surface area contributed by atoms with E-state index in [1.54, 1.807) is 14.2 Å². The molecule has 0 saturated carbocycles. The average molecular weight is 430 g/mol. The number of nitrogens with zero attached hydrogens (tertiary/aromatic N) is 1. The zero-order chi connectivity index (χ0) is 22.5. The molecule has 0 N–H and O–H groups in total. The molecule has 32 heavy (non-hydrogen) atoms. The Balaban J connectivity index is 1.80. The van der Waals surface area contributed by atoms with Crippen molar-refractivity contribution in [2.75, 3.05) is 20.8 Å². The van der Waals surface area contributed by atoms with Gasteiger partial charge in [0.2, 0.25) is 0 Å². The van der Waals surface area contributed by atoms with Gasteiger partial charge in [0.25, 0.3) is 0 Å². The van der Waals surface area contributed by atoms with E-state index in [0.717, 1.165) is 59.1 Å². The summed E-state index contributed by atoms with van der Waals surface area (Å²) in [7, 11) is 3.29. The maximum Gasteiger partial charge on any atom is 0.199 e. The fraction of sp³-hybridized carbons (Fsp3) is 0.370. The van der Waals surface area contributed by atoms with Crippen LogP contribution in [0.15, 0.2) is 36.4 Å². The van der Waals surface area contributed by atoms with Gasteiger partial charge < -0.3 is 18.9 Å². The van der Waals surface area contributed by atoms with Gasteiger partial charge in [-0.1, -0.05) is 19.9 Å². The molecule has 0 spiro atoms. The first kappa shape index (κ1) is 20.7. The first-order valence-corrected chi connectivity index (χ1v) is 11.0. The third kappa shape index (κ3) is 3.10. The van der Waals surface area contributed by atoms with E-state index in [-0.39, 0.29) is 11.7 Å². The molecule has 5 rings (SSSR count). The Hall–Kier alpha value is -3.23. The van der Waals surface area contributed by atoms with Gasteiger partial charge in [0.15, 0.2) is 17.8 Å². The third-order valence-electron chi connectivity index (χ3n) is 6.76. The molecule has 0 bridgehead atoms. The fourth-order valence-corrected chi connectivity index (χ4v) is 5.04. The van der Waals surface area contributed by atoms with Gasteiger partial charge in [-0.3, -0.25) is 0 Å². The molecule has 1 heterocycles. The molecule has 1 atom stereocenters. The summed E-state index contributed by atoms with van der Waals surface area (Å²) in [5, 5.41) is 11.5.